The zero-order chi connectivity index (χ0) is 18.8. The van der Waals surface area contributed by atoms with Crippen molar-refractivity contribution in [3.63, 3.8) is 0 Å². The number of rotatable bonds is 5. The van der Waals surface area contributed by atoms with E-state index in [-0.39, 0.29) is 5.54 Å². The lowest BCUT2D eigenvalue weighted by atomic mass is 9.85. The lowest BCUT2D eigenvalue weighted by molar-refractivity contribution is -0.0427. The summed E-state index contributed by atoms with van der Waals surface area (Å²) in [5.41, 5.74) is 1.97. The first kappa shape index (κ1) is 19.8. The average molecular weight is 382 g/mol. The molecule has 0 amide bonds. The van der Waals surface area contributed by atoms with Crippen LogP contribution < -0.4 is 4.72 Å². The van der Waals surface area contributed by atoms with Crippen molar-refractivity contribution in [2.24, 2.45) is 0 Å². The third kappa shape index (κ3) is 4.28. The van der Waals surface area contributed by atoms with Crippen LogP contribution in [0, 0.1) is 13.8 Å². The number of nitrogens with zero attached hydrogens (tertiary/aromatic N) is 2. The van der Waals surface area contributed by atoms with Crippen LogP contribution in [-0.4, -0.2) is 76.7 Å². The lowest BCUT2D eigenvalue weighted by Gasteiger charge is -2.49. The van der Waals surface area contributed by atoms with Crippen molar-refractivity contribution in [2.75, 3.05) is 53.0 Å². The molecule has 6 nitrogen and oxygen atoms in total. The van der Waals surface area contributed by atoms with E-state index in [1.165, 1.54) is 0 Å². The number of benzene rings is 1. The molecule has 0 saturated carbocycles. The highest BCUT2D eigenvalue weighted by molar-refractivity contribution is 7.89. The van der Waals surface area contributed by atoms with Gasteiger partial charge < -0.3 is 9.64 Å². The molecule has 0 aliphatic carbocycles. The zero-order valence-electron chi connectivity index (χ0n) is 16.1. The summed E-state index contributed by atoms with van der Waals surface area (Å²) in [6, 6.07) is 5.33. The minimum absolute atomic E-state index is 0.122. The van der Waals surface area contributed by atoms with E-state index in [0.29, 0.717) is 11.4 Å². The molecule has 1 aromatic carbocycles. The summed E-state index contributed by atoms with van der Waals surface area (Å²) in [4.78, 5) is 5.11. The van der Waals surface area contributed by atoms with E-state index in [2.05, 4.69) is 21.6 Å². The van der Waals surface area contributed by atoms with Gasteiger partial charge in [0, 0.05) is 25.2 Å². The van der Waals surface area contributed by atoms with Gasteiger partial charge in [-0.25, -0.2) is 13.1 Å². The second-order valence-corrected chi connectivity index (χ2v) is 9.46. The van der Waals surface area contributed by atoms with E-state index in [0.717, 1.165) is 63.4 Å². The Morgan fingerprint density at radius 1 is 1.08 bits per heavy atom. The first-order valence-corrected chi connectivity index (χ1v) is 10.9. The molecule has 0 atom stereocenters. The Morgan fingerprint density at radius 3 is 2.35 bits per heavy atom. The highest BCUT2D eigenvalue weighted by Crippen LogP contribution is 2.29. The van der Waals surface area contributed by atoms with Crippen molar-refractivity contribution in [1.29, 1.82) is 0 Å². The molecule has 26 heavy (non-hydrogen) atoms. The number of hydrogen-bond acceptors (Lipinski definition) is 5. The first-order chi connectivity index (χ1) is 12.3. The minimum atomic E-state index is -3.51. The lowest BCUT2D eigenvalue weighted by Crippen LogP contribution is -2.62. The van der Waals surface area contributed by atoms with Crippen LogP contribution in [0.4, 0.5) is 0 Å². The summed E-state index contributed by atoms with van der Waals surface area (Å²) in [5, 5.41) is 0. The van der Waals surface area contributed by atoms with Crippen molar-refractivity contribution in [3.8, 4) is 0 Å². The number of sulfonamides is 1. The smallest absolute Gasteiger partial charge is 0.240 e. The van der Waals surface area contributed by atoms with Gasteiger partial charge in [0.1, 0.15) is 0 Å². The fourth-order valence-electron chi connectivity index (χ4n) is 3.87. The monoisotopic (exact) mass is 381 g/mol. The number of morpholine rings is 1. The summed E-state index contributed by atoms with van der Waals surface area (Å²) in [7, 11) is -1.38. The van der Waals surface area contributed by atoms with Crippen LogP contribution in [0.15, 0.2) is 23.1 Å². The average Bonchev–Trinajstić information content (AvgIpc) is 2.64. The molecular formula is C19H31N3O3S. The topological polar surface area (TPSA) is 61.9 Å². The van der Waals surface area contributed by atoms with Crippen molar-refractivity contribution in [1.82, 2.24) is 14.5 Å². The molecule has 1 N–H and O–H groups in total. The van der Waals surface area contributed by atoms with Gasteiger partial charge in [-0.05, 0) is 70.1 Å². The summed E-state index contributed by atoms with van der Waals surface area (Å²) < 4.78 is 34.1. The number of nitrogens with one attached hydrogen (secondary N) is 1. The Kier molecular flexibility index (Phi) is 6.04. The van der Waals surface area contributed by atoms with Gasteiger partial charge in [0.15, 0.2) is 0 Å². The first-order valence-electron chi connectivity index (χ1n) is 9.41. The molecule has 3 rings (SSSR count). The summed E-state index contributed by atoms with van der Waals surface area (Å²) in [6.45, 7) is 9.56. The molecule has 2 saturated heterocycles. The molecule has 2 heterocycles. The fourth-order valence-corrected chi connectivity index (χ4v) is 5.08. The van der Waals surface area contributed by atoms with E-state index in [1.54, 1.807) is 12.1 Å². The summed E-state index contributed by atoms with van der Waals surface area (Å²) in [5.74, 6) is 0. The molecule has 7 heteroatoms. The van der Waals surface area contributed by atoms with Crippen LogP contribution in [0.2, 0.25) is 0 Å². The second-order valence-electron chi connectivity index (χ2n) is 7.70. The summed E-state index contributed by atoms with van der Waals surface area (Å²) in [6.07, 6.45) is 1.94. The van der Waals surface area contributed by atoms with E-state index < -0.39 is 10.0 Å². The molecule has 0 bridgehead atoms. The standard InChI is InChI=1S/C19H31N3O3S/c1-16-4-5-18(14-17(16)2)26(23,24)20-15-19(6-8-21(3)9-7-19)22-10-12-25-13-11-22/h4-5,14,20H,6-13,15H2,1-3H3. The quantitative estimate of drug-likeness (QED) is 0.835. The number of likely N-dealkylation sites (tertiary alicyclic amines) is 1. The van der Waals surface area contributed by atoms with Crippen LogP contribution in [0.3, 0.4) is 0 Å². The van der Waals surface area contributed by atoms with Gasteiger partial charge in [-0.15, -0.1) is 0 Å². The second kappa shape index (κ2) is 7.94. The minimum Gasteiger partial charge on any atom is -0.379 e. The number of ether oxygens (including phenoxy) is 1. The Bertz CT molecular complexity index is 722. The molecule has 2 aliphatic heterocycles. The van der Waals surface area contributed by atoms with E-state index in [4.69, 9.17) is 4.74 Å². The van der Waals surface area contributed by atoms with Gasteiger partial charge in [-0.2, -0.15) is 0 Å². The van der Waals surface area contributed by atoms with Crippen LogP contribution >= 0.6 is 0 Å². The van der Waals surface area contributed by atoms with Crippen molar-refractivity contribution < 1.29 is 13.2 Å². The van der Waals surface area contributed by atoms with E-state index >= 15 is 0 Å². The van der Waals surface area contributed by atoms with Crippen molar-refractivity contribution >= 4 is 10.0 Å². The summed E-state index contributed by atoms with van der Waals surface area (Å²) >= 11 is 0. The number of hydrogen-bond donors (Lipinski definition) is 1. The highest BCUT2D eigenvalue weighted by atomic mass is 32.2. The van der Waals surface area contributed by atoms with Crippen LogP contribution in [0.5, 0.6) is 0 Å². The largest absolute Gasteiger partial charge is 0.379 e. The van der Waals surface area contributed by atoms with E-state index in [1.807, 2.05) is 19.9 Å². The van der Waals surface area contributed by atoms with Gasteiger partial charge in [-0.3, -0.25) is 4.90 Å². The Morgan fingerprint density at radius 2 is 1.73 bits per heavy atom. The predicted molar refractivity (Wildman–Crippen MR) is 103 cm³/mol. The Balaban J connectivity index is 1.77. The Hall–Kier alpha value is -0.990. The van der Waals surface area contributed by atoms with E-state index in [9.17, 15) is 8.42 Å². The predicted octanol–water partition coefficient (Wildman–Crippen LogP) is 1.38. The van der Waals surface area contributed by atoms with Gasteiger partial charge >= 0.3 is 0 Å². The third-order valence-electron chi connectivity index (χ3n) is 5.98. The molecule has 2 fully saturated rings. The maximum atomic E-state index is 12.9. The molecule has 146 valence electrons. The number of aryl methyl sites for hydroxylation is 2. The molecule has 1 aromatic rings. The molecule has 0 spiro atoms. The van der Waals surface area contributed by atoms with Gasteiger partial charge in [-0.1, -0.05) is 6.07 Å². The van der Waals surface area contributed by atoms with Gasteiger partial charge in [0.2, 0.25) is 10.0 Å². The normalized spacial score (nSPS) is 22.4. The third-order valence-corrected chi connectivity index (χ3v) is 7.38. The zero-order valence-corrected chi connectivity index (χ0v) is 16.9. The maximum Gasteiger partial charge on any atom is 0.240 e. The van der Waals surface area contributed by atoms with Crippen LogP contribution in [-0.2, 0) is 14.8 Å². The van der Waals surface area contributed by atoms with Crippen molar-refractivity contribution in [3.05, 3.63) is 29.3 Å². The molecular weight excluding hydrogens is 350 g/mol. The van der Waals surface area contributed by atoms with Gasteiger partial charge in [0.05, 0.1) is 18.1 Å². The Labute approximate surface area is 157 Å². The molecule has 0 radical (unpaired) electrons. The van der Waals surface area contributed by atoms with Crippen LogP contribution in [0.25, 0.3) is 0 Å². The molecule has 0 aromatic heterocycles. The SMILES string of the molecule is Cc1ccc(S(=O)(=O)NCC2(N3CCOCC3)CCN(C)CC2)cc1C. The maximum absolute atomic E-state index is 12.9. The molecule has 2 aliphatic rings. The van der Waals surface area contributed by atoms with Crippen LogP contribution in [0.1, 0.15) is 24.0 Å². The fraction of sp³-hybridized carbons (Fsp3) is 0.684. The number of piperidine rings is 1. The van der Waals surface area contributed by atoms with Gasteiger partial charge in [0.25, 0.3) is 0 Å². The molecule has 0 unspecified atom stereocenters. The van der Waals surface area contributed by atoms with Crippen molar-refractivity contribution in [2.45, 2.75) is 37.1 Å². The highest BCUT2D eigenvalue weighted by Gasteiger charge is 2.40.